The van der Waals surface area contributed by atoms with E-state index < -0.39 is 11.7 Å². The second kappa shape index (κ2) is 7.72. The molecule has 4 rings (SSSR count). The highest BCUT2D eigenvalue weighted by Crippen LogP contribution is 2.40. The first kappa shape index (κ1) is 19.8. The highest BCUT2D eigenvalue weighted by molar-refractivity contribution is 5.74. The number of rotatable bonds is 4. The maximum Gasteiger partial charge on any atom is 0.417 e. The van der Waals surface area contributed by atoms with Gasteiger partial charge in [-0.15, -0.1) is 0 Å². The van der Waals surface area contributed by atoms with Crippen molar-refractivity contribution in [3.05, 3.63) is 77.6 Å². The van der Waals surface area contributed by atoms with E-state index in [-0.39, 0.29) is 29.4 Å². The Morgan fingerprint density at radius 2 is 1.73 bits per heavy atom. The lowest BCUT2D eigenvalue weighted by Gasteiger charge is -2.15. The summed E-state index contributed by atoms with van der Waals surface area (Å²) in [7, 11) is 0. The highest BCUT2D eigenvalue weighted by Gasteiger charge is 2.34. The van der Waals surface area contributed by atoms with Crippen molar-refractivity contribution in [1.82, 2.24) is 15.1 Å². The van der Waals surface area contributed by atoms with Crippen LogP contribution in [0.1, 0.15) is 16.8 Å². The van der Waals surface area contributed by atoms with Crippen molar-refractivity contribution >= 4 is 0 Å². The third kappa shape index (κ3) is 3.81. The molecule has 30 heavy (non-hydrogen) atoms. The van der Waals surface area contributed by atoms with Crippen molar-refractivity contribution in [3.8, 4) is 34.0 Å². The smallest absolute Gasteiger partial charge is 0.390 e. The summed E-state index contributed by atoms with van der Waals surface area (Å²) in [6.07, 6.45) is -3.09. The Hall–Kier alpha value is -3.52. The molecule has 0 aliphatic carbocycles. The largest absolute Gasteiger partial charge is 0.417 e. The fourth-order valence-electron chi connectivity index (χ4n) is 3.13. The molecule has 0 amide bonds. The Balaban J connectivity index is 1.75. The topological polar surface area (TPSA) is 72.0 Å². The van der Waals surface area contributed by atoms with Crippen molar-refractivity contribution in [2.24, 2.45) is 0 Å². The van der Waals surface area contributed by atoms with E-state index in [2.05, 4.69) is 15.1 Å². The van der Waals surface area contributed by atoms with Crippen molar-refractivity contribution in [1.29, 1.82) is 0 Å². The number of aliphatic hydroxyl groups excluding tert-OH is 1. The lowest BCUT2D eigenvalue weighted by atomic mass is 9.94. The number of hydrogen-bond donors (Lipinski definition) is 1. The van der Waals surface area contributed by atoms with Gasteiger partial charge in [0.2, 0.25) is 5.82 Å². The van der Waals surface area contributed by atoms with Crippen LogP contribution in [0.3, 0.4) is 0 Å². The number of nitrogens with zero attached hydrogens (tertiary/aromatic N) is 3. The third-order valence-corrected chi connectivity index (χ3v) is 4.68. The van der Waals surface area contributed by atoms with Gasteiger partial charge in [0.1, 0.15) is 0 Å². The van der Waals surface area contributed by atoms with Crippen LogP contribution in [0.5, 0.6) is 0 Å². The molecule has 0 spiro atoms. The van der Waals surface area contributed by atoms with Gasteiger partial charge in [0.05, 0.1) is 17.9 Å². The van der Waals surface area contributed by atoms with E-state index in [0.29, 0.717) is 16.8 Å². The molecule has 0 unspecified atom stereocenters. The highest BCUT2D eigenvalue weighted by atomic mass is 19.4. The minimum absolute atomic E-state index is 0.0296. The quantitative estimate of drug-likeness (QED) is 0.494. The summed E-state index contributed by atoms with van der Waals surface area (Å²) in [4.78, 5) is 8.24. The van der Waals surface area contributed by atoms with E-state index in [0.717, 1.165) is 11.6 Å². The molecule has 2 aromatic heterocycles. The molecule has 152 valence electrons. The van der Waals surface area contributed by atoms with Crippen LogP contribution >= 0.6 is 0 Å². The molecule has 8 heteroatoms. The number of aliphatic hydroxyl groups is 1. The molecule has 0 saturated carbocycles. The number of halogens is 3. The minimum atomic E-state index is -4.56. The van der Waals surface area contributed by atoms with Gasteiger partial charge in [0.25, 0.3) is 5.89 Å². The normalized spacial score (nSPS) is 11.6. The van der Waals surface area contributed by atoms with Crippen molar-refractivity contribution in [3.63, 3.8) is 0 Å². The van der Waals surface area contributed by atoms with E-state index in [1.165, 1.54) is 18.3 Å². The summed E-state index contributed by atoms with van der Waals surface area (Å²) in [6, 6.07) is 14.1. The second-order valence-corrected chi connectivity index (χ2v) is 6.69. The summed E-state index contributed by atoms with van der Waals surface area (Å²) >= 11 is 0. The first-order valence-electron chi connectivity index (χ1n) is 9.04. The molecule has 0 atom stereocenters. The van der Waals surface area contributed by atoms with Gasteiger partial charge in [-0.05, 0) is 47.9 Å². The molecular weight excluding hydrogens is 395 g/mol. The zero-order chi connectivity index (χ0) is 21.3. The van der Waals surface area contributed by atoms with Crippen LogP contribution in [0.2, 0.25) is 0 Å². The van der Waals surface area contributed by atoms with E-state index in [9.17, 15) is 13.2 Å². The molecule has 4 aromatic rings. The van der Waals surface area contributed by atoms with Crippen molar-refractivity contribution in [2.45, 2.75) is 19.7 Å². The molecule has 0 radical (unpaired) electrons. The SMILES string of the molecule is Cc1ccccc1-c1ccc(-c2nc(-c3ccc(CO)nc3)no2)cc1C(F)(F)F. The van der Waals surface area contributed by atoms with Crippen LogP contribution in [-0.2, 0) is 12.8 Å². The van der Waals surface area contributed by atoms with Crippen LogP contribution in [0.25, 0.3) is 34.0 Å². The number of pyridine rings is 1. The fraction of sp³-hybridized carbons (Fsp3) is 0.136. The Labute approximate surface area is 169 Å². The summed E-state index contributed by atoms with van der Waals surface area (Å²) < 4.78 is 46.6. The first-order chi connectivity index (χ1) is 14.4. The minimum Gasteiger partial charge on any atom is -0.390 e. The van der Waals surface area contributed by atoms with Gasteiger partial charge in [-0.3, -0.25) is 4.98 Å². The second-order valence-electron chi connectivity index (χ2n) is 6.69. The lowest BCUT2D eigenvalue weighted by Crippen LogP contribution is -2.08. The number of benzene rings is 2. The van der Waals surface area contributed by atoms with E-state index in [1.807, 2.05) is 0 Å². The summed E-state index contributed by atoms with van der Waals surface area (Å²) in [5, 5.41) is 12.9. The Morgan fingerprint density at radius 1 is 0.967 bits per heavy atom. The fourth-order valence-corrected chi connectivity index (χ4v) is 3.13. The zero-order valence-electron chi connectivity index (χ0n) is 15.8. The standard InChI is InChI=1S/C22H16F3N3O2/c1-13-4-2-3-5-17(13)18-9-7-14(10-19(18)22(23,24)25)21-27-20(28-30-21)15-6-8-16(12-29)26-11-15/h2-11,29H,12H2,1H3. The zero-order valence-corrected chi connectivity index (χ0v) is 15.8. The average Bonchev–Trinajstić information content (AvgIpc) is 3.23. The van der Waals surface area contributed by atoms with Crippen LogP contribution in [0, 0.1) is 6.92 Å². The summed E-state index contributed by atoms with van der Waals surface area (Å²) in [5.41, 5.74) is 1.74. The molecule has 2 aromatic carbocycles. The van der Waals surface area contributed by atoms with E-state index in [4.69, 9.17) is 9.63 Å². The molecule has 0 saturated heterocycles. The molecular formula is C22H16F3N3O2. The molecule has 0 fully saturated rings. The Bertz CT molecular complexity index is 1180. The lowest BCUT2D eigenvalue weighted by molar-refractivity contribution is -0.137. The monoisotopic (exact) mass is 411 g/mol. The average molecular weight is 411 g/mol. The van der Waals surface area contributed by atoms with Gasteiger partial charge in [-0.2, -0.15) is 18.2 Å². The van der Waals surface area contributed by atoms with Crippen LogP contribution in [0.15, 0.2) is 65.3 Å². The molecule has 2 heterocycles. The van der Waals surface area contributed by atoms with Gasteiger partial charge < -0.3 is 9.63 Å². The molecule has 0 bridgehead atoms. The van der Waals surface area contributed by atoms with Crippen LogP contribution in [-0.4, -0.2) is 20.2 Å². The Kier molecular flexibility index (Phi) is 5.09. The molecule has 0 aliphatic heterocycles. The number of aromatic nitrogens is 3. The maximum absolute atomic E-state index is 13.8. The van der Waals surface area contributed by atoms with Crippen LogP contribution < -0.4 is 0 Å². The Morgan fingerprint density at radius 3 is 2.40 bits per heavy atom. The van der Waals surface area contributed by atoms with Gasteiger partial charge >= 0.3 is 6.18 Å². The summed E-state index contributed by atoms with van der Waals surface area (Å²) in [6.45, 7) is 1.56. The van der Waals surface area contributed by atoms with Crippen molar-refractivity contribution < 1.29 is 22.8 Å². The first-order valence-corrected chi connectivity index (χ1v) is 9.04. The summed E-state index contributed by atoms with van der Waals surface area (Å²) in [5.74, 6) is 0.164. The number of aryl methyl sites for hydroxylation is 1. The van der Waals surface area contributed by atoms with Crippen LogP contribution in [0.4, 0.5) is 13.2 Å². The number of alkyl halides is 3. The number of hydrogen-bond acceptors (Lipinski definition) is 5. The molecule has 0 aliphatic rings. The maximum atomic E-state index is 13.8. The van der Waals surface area contributed by atoms with E-state index >= 15 is 0 Å². The molecule has 5 nitrogen and oxygen atoms in total. The van der Waals surface area contributed by atoms with Gasteiger partial charge in [0, 0.05) is 17.3 Å². The third-order valence-electron chi connectivity index (χ3n) is 4.68. The predicted molar refractivity (Wildman–Crippen MR) is 104 cm³/mol. The van der Waals surface area contributed by atoms with Gasteiger partial charge in [-0.25, -0.2) is 0 Å². The van der Waals surface area contributed by atoms with Gasteiger partial charge in [0.15, 0.2) is 0 Å². The van der Waals surface area contributed by atoms with E-state index in [1.54, 1.807) is 43.3 Å². The van der Waals surface area contributed by atoms with Crippen molar-refractivity contribution in [2.75, 3.05) is 0 Å². The molecule has 1 N–H and O–H groups in total. The predicted octanol–water partition coefficient (Wildman–Crippen LogP) is 5.29. The van der Waals surface area contributed by atoms with Gasteiger partial charge in [-0.1, -0.05) is 35.5 Å².